The Morgan fingerprint density at radius 3 is 2.76 bits per heavy atom. The molecule has 1 amide bonds. The lowest BCUT2D eigenvalue weighted by atomic mass is 9.82. The van der Waals surface area contributed by atoms with E-state index in [0.29, 0.717) is 23.9 Å². The van der Waals surface area contributed by atoms with Crippen LogP contribution in [0.4, 0.5) is 10.1 Å². The molecule has 3 atom stereocenters. The van der Waals surface area contributed by atoms with Gasteiger partial charge in [0.25, 0.3) is 0 Å². The van der Waals surface area contributed by atoms with Crippen LogP contribution in [0.5, 0.6) is 5.75 Å². The molecule has 1 aromatic carbocycles. The second-order valence-corrected chi connectivity index (χ2v) is 7.80. The van der Waals surface area contributed by atoms with E-state index in [1.165, 1.54) is 12.1 Å². The molecule has 1 N–H and O–H groups in total. The van der Waals surface area contributed by atoms with Crippen molar-refractivity contribution in [3.63, 3.8) is 0 Å². The highest BCUT2D eigenvalue weighted by Gasteiger charge is 2.62. The number of rotatable bonds is 6. The zero-order valence-corrected chi connectivity index (χ0v) is 16.6. The van der Waals surface area contributed by atoms with Crippen molar-refractivity contribution in [1.29, 1.82) is 0 Å². The van der Waals surface area contributed by atoms with Crippen LogP contribution < -0.4 is 10.1 Å². The summed E-state index contributed by atoms with van der Waals surface area (Å²) in [4.78, 5) is 21.5. The Bertz CT molecular complexity index is 971. The lowest BCUT2D eigenvalue weighted by Crippen LogP contribution is -2.29. The first kappa shape index (κ1) is 19.3. The Morgan fingerprint density at radius 1 is 1.28 bits per heavy atom. The zero-order valence-electron chi connectivity index (χ0n) is 16.6. The molecule has 5 nitrogen and oxygen atoms in total. The predicted molar refractivity (Wildman–Crippen MR) is 109 cm³/mol. The summed E-state index contributed by atoms with van der Waals surface area (Å²) in [6.07, 6.45) is 11.7. The highest BCUT2D eigenvalue weighted by molar-refractivity contribution is 5.95. The number of hydrogen-bond donors (Lipinski definition) is 1. The number of amides is 1. The average molecular weight is 393 g/mol. The summed E-state index contributed by atoms with van der Waals surface area (Å²) in [5.41, 5.74) is 1.11. The van der Waals surface area contributed by atoms with Crippen molar-refractivity contribution in [3.05, 3.63) is 72.1 Å². The molecular formula is C23H24FN3O2. The molecule has 0 bridgehead atoms. The molecule has 1 saturated carbocycles. The third-order valence-electron chi connectivity index (χ3n) is 5.82. The first-order valence-electron chi connectivity index (χ1n) is 9.81. The van der Waals surface area contributed by atoms with Crippen molar-refractivity contribution >= 4 is 11.6 Å². The van der Waals surface area contributed by atoms with Gasteiger partial charge in [0.2, 0.25) is 5.91 Å². The van der Waals surface area contributed by atoms with E-state index >= 15 is 0 Å². The normalized spacial score (nSPS) is 24.9. The molecule has 6 heteroatoms. The molecule has 0 aliphatic heterocycles. The number of aromatic nitrogens is 2. The van der Waals surface area contributed by atoms with Gasteiger partial charge in [-0.1, -0.05) is 24.3 Å². The molecule has 0 saturated heterocycles. The van der Waals surface area contributed by atoms with Gasteiger partial charge in [-0.2, -0.15) is 0 Å². The van der Waals surface area contributed by atoms with Crippen LogP contribution in [0.3, 0.4) is 0 Å². The molecule has 0 radical (unpaired) electrons. The fourth-order valence-electron chi connectivity index (χ4n) is 4.05. The predicted octanol–water partition coefficient (Wildman–Crippen LogP) is 4.39. The number of nitrogens with one attached hydrogen (secondary N) is 1. The number of hydrogen-bond acceptors (Lipinski definition) is 4. The average Bonchev–Trinajstić information content (AvgIpc) is 3.46. The molecule has 1 aromatic heterocycles. The van der Waals surface area contributed by atoms with Gasteiger partial charge in [0.1, 0.15) is 11.6 Å². The SMILES string of the molecule is Cc1ncc(OC[C@@]2(C3C=CC=CC3)C[C@H]2C(=O)Nc2ccc(F)cc2)c(C)n1. The highest BCUT2D eigenvalue weighted by Crippen LogP contribution is 2.60. The molecule has 150 valence electrons. The maximum atomic E-state index is 13.1. The van der Waals surface area contributed by atoms with Gasteiger partial charge < -0.3 is 10.1 Å². The van der Waals surface area contributed by atoms with Crippen LogP contribution in [0.25, 0.3) is 0 Å². The fraction of sp³-hybridized carbons (Fsp3) is 0.348. The number of halogens is 1. The minimum Gasteiger partial charge on any atom is -0.489 e. The molecule has 1 fully saturated rings. The Labute approximate surface area is 169 Å². The van der Waals surface area contributed by atoms with Crippen molar-refractivity contribution in [2.24, 2.45) is 17.3 Å². The van der Waals surface area contributed by atoms with Gasteiger partial charge in [-0.05, 0) is 56.9 Å². The first-order chi connectivity index (χ1) is 14.0. The first-order valence-corrected chi connectivity index (χ1v) is 9.81. The standard InChI is InChI=1S/C23H24FN3O2/c1-15-21(13-25-16(2)26-15)29-14-23(17-6-4-3-5-7-17)12-20(23)22(28)27-19-10-8-18(24)9-11-19/h3-6,8-11,13,17,20H,7,12,14H2,1-2H3,(H,27,28)/t17?,20-,23+/m0/s1. The summed E-state index contributed by atoms with van der Waals surface area (Å²) < 4.78 is 19.2. The number of carbonyl (C=O) groups excluding carboxylic acids is 1. The quantitative estimate of drug-likeness (QED) is 0.791. The molecular weight excluding hydrogens is 369 g/mol. The van der Waals surface area contributed by atoms with Crippen molar-refractivity contribution < 1.29 is 13.9 Å². The van der Waals surface area contributed by atoms with Gasteiger partial charge in [0.05, 0.1) is 18.5 Å². The zero-order chi connectivity index (χ0) is 20.4. The van der Waals surface area contributed by atoms with Gasteiger partial charge in [-0.3, -0.25) is 4.79 Å². The lowest BCUT2D eigenvalue weighted by molar-refractivity contribution is -0.118. The molecule has 1 heterocycles. The van der Waals surface area contributed by atoms with Gasteiger partial charge in [0, 0.05) is 17.0 Å². The molecule has 2 aliphatic rings. The summed E-state index contributed by atoms with van der Waals surface area (Å²) in [6.45, 7) is 4.16. The van der Waals surface area contributed by atoms with Crippen LogP contribution in [0, 0.1) is 36.9 Å². The molecule has 29 heavy (non-hydrogen) atoms. The Morgan fingerprint density at radius 2 is 2.07 bits per heavy atom. The Hall–Kier alpha value is -3.02. The minimum absolute atomic E-state index is 0.0555. The summed E-state index contributed by atoms with van der Waals surface area (Å²) in [6, 6.07) is 5.83. The van der Waals surface area contributed by atoms with Crippen molar-refractivity contribution in [2.75, 3.05) is 11.9 Å². The largest absolute Gasteiger partial charge is 0.489 e. The minimum atomic E-state index is -0.327. The lowest BCUT2D eigenvalue weighted by Gasteiger charge is -2.26. The van der Waals surface area contributed by atoms with Gasteiger partial charge in [-0.25, -0.2) is 14.4 Å². The third kappa shape index (κ3) is 4.06. The van der Waals surface area contributed by atoms with Crippen LogP contribution >= 0.6 is 0 Å². The van der Waals surface area contributed by atoms with Gasteiger partial charge in [-0.15, -0.1) is 0 Å². The van der Waals surface area contributed by atoms with E-state index in [1.54, 1.807) is 18.3 Å². The second kappa shape index (κ2) is 7.78. The van der Waals surface area contributed by atoms with E-state index < -0.39 is 0 Å². The maximum absolute atomic E-state index is 13.1. The molecule has 2 aromatic rings. The molecule has 0 spiro atoms. The topological polar surface area (TPSA) is 64.1 Å². The monoisotopic (exact) mass is 393 g/mol. The number of nitrogens with zero attached hydrogens (tertiary/aromatic N) is 2. The van der Waals surface area contributed by atoms with E-state index in [-0.39, 0.29) is 29.0 Å². The maximum Gasteiger partial charge on any atom is 0.228 e. The molecule has 4 rings (SSSR count). The highest BCUT2D eigenvalue weighted by atomic mass is 19.1. The fourth-order valence-corrected chi connectivity index (χ4v) is 4.05. The number of anilines is 1. The van der Waals surface area contributed by atoms with Crippen LogP contribution in [0.15, 0.2) is 54.8 Å². The smallest absolute Gasteiger partial charge is 0.228 e. The van der Waals surface area contributed by atoms with Gasteiger partial charge in [0.15, 0.2) is 5.75 Å². The number of carbonyl (C=O) groups is 1. The second-order valence-electron chi connectivity index (χ2n) is 7.80. The van der Waals surface area contributed by atoms with E-state index in [1.807, 2.05) is 26.0 Å². The summed E-state index contributed by atoms with van der Waals surface area (Å²) in [7, 11) is 0. The number of ether oxygens (including phenoxy) is 1. The third-order valence-corrected chi connectivity index (χ3v) is 5.82. The number of allylic oxidation sites excluding steroid dienone is 4. The van der Waals surface area contributed by atoms with Crippen LogP contribution in [0.1, 0.15) is 24.4 Å². The number of benzene rings is 1. The Balaban J connectivity index is 1.50. The van der Waals surface area contributed by atoms with Crippen molar-refractivity contribution in [3.8, 4) is 5.75 Å². The summed E-state index contributed by atoms with van der Waals surface area (Å²) in [5, 5.41) is 2.91. The van der Waals surface area contributed by atoms with E-state index in [9.17, 15) is 9.18 Å². The number of aryl methyl sites for hydroxylation is 2. The van der Waals surface area contributed by atoms with Crippen molar-refractivity contribution in [2.45, 2.75) is 26.7 Å². The van der Waals surface area contributed by atoms with Crippen molar-refractivity contribution in [1.82, 2.24) is 9.97 Å². The van der Waals surface area contributed by atoms with E-state index in [2.05, 4.69) is 27.4 Å². The van der Waals surface area contributed by atoms with Crippen LogP contribution in [-0.4, -0.2) is 22.5 Å². The summed E-state index contributed by atoms with van der Waals surface area (Å²) >= 11 is 0. The molecule has 1 unspecified atom stereocenters. The van der Waals surface area contributed by atoms with Gasteiger partial charge >= 0.3 is 0 Å². The van der Waals surface area contributed by atoms with Crippen LogP contribution in [-0.2, 0) is 4.79 Å². The molecule has 2 aliphatic carbocycles. The summed E-state index contributed by atoms with van der Waals surface area (Å²) in [5.74, 6) is 1.03. The van der Waals surface area contributed by atoms with Crippen LogP contribution in [0.2, 0.25) is 0 Å². The van der Waals surface area contributed by atoms with E-state index in [0.717, 1.165) is 18.5 Å². The van der Waals surface area contributed by atoms with E-state index in [4.69, 9.17) is 4.74 Å². The Kier molecular flexibility index (Phi) is 5.18.